The van der Waals surface area contributed by atoms with Gasteiger partial charge >= 0.3 is 0 Å². The Morgan fingerprint density at radius 3 is 2.33 bits per heavy atom. The van der Waals surface area contributed by atoms with Crippen LogP contribution in [0.15, 0.2) is 48.8 Å². The molecule has 3 aromatic rings. The number of aromatic nitrogens is 4. The number of H-pyrrole nitrogens is 1. The number of halogens is 1. The van der Waals surface area contributed by atoms with Crippen molar-refractivity contribution in [1.29, 1.82) is 0 Å². The molecule has 0 spiro atoms. The van der Waals surface area contributed by atoms with Gasteiger partial charge in [0.1, 0.15) is 0 Å². The minimum absolute atomic E-state index is 0.651. The van der Waals surface area contributed by atoms with Crippen LogP contribution >= 0.6 is 11.6 Å². The van der Waals surface area contributed by atoms with Crippen molar-refractivity contribution in [2.24, 2.45) is 0 Å². The molecule has 0 aliphatic rings. The molecule has 0 amide bonds. The summed E-state index contributed by atoms with van der Waals surface area (Å²) in [7, 11) is 0. The van der Waals surface area contributed by atoms with Crippen LogP contribution in [0.5, 0.6) is 0 Å². The van der Waals surface area contributed by atoms with Gasteiger partial charge in [-0.1, -0.05) is 11.6 Å². The summed E-state index contributed by atoms with van der Waals surface area (Å²) in [6, 6.07) is 11.2. The summed E-state index contributed by atoms with van der Waals surface area (Å²) in [6.07, 6.45) is 3.44. The molecule has 0 atom stereocenters. The van der Waals surface area contributed by atoms with E-state index in [1.165, 1.54) is 0 Å². The number of hydrogen-bond acceptors (Lipinski definition) is 3. The number of pyridine rings is 1. The SMILES string of the molecule is Clc1ccc(-c2n[nH]c(-c3ccncc3)n2)cc1. The minimum atomic E-state index is 0.651. The van der Waals surface area contributed by atoms with Crippen molar-refractivity contribution in [3.8, 4) is 22.8 Å². The normalized spacial score (nSPS) is 10.5. The Labute approximate surface area is 109 Å². The van der Waals surface area contributed by atoms with Crippen LogP contribution in [0.4, 0.5) is 0 Å². The molecule has 0 saturated heterocycles. The van der Waals surface area contributed by atoms with Crippen molar-refractivity contribution in [2.45, 2.75) is 0 Å². The maximum Gasteiger partial charge on any atom is 0.181 e. The fourth-order valence-electron chi connectivity index (χ4n) is 1.63. The second-order valence-corrected chi connectivity index (χ2v) is 4.19. The molecule has 0 radical (unpaired) electrons. The molecule has 1 aromatic carbocycles. The summed E-state index contributed by atoms with van der Waals surface area (Å²) in [5.74, 6) is 1.38. The van der Waals surface area contributed by atoms with Gasteiger partial charge in [-0.15, -0.1) is 0 Å². The lowest BCUT2D eigenvalue weighted by Gasteiger charge is -1.94. The summed E-state index contributed by atoms with van der Waals surface area (Å²) in [4.78, 5) is 8.41. The molecule has 88 valence electrons. The van der Waals surface area contributed by atoms with Gasteiger partial charge in [0.2, 0.25) is 0 Å². The van der Waals surface area contributed by atoms with Crippen molar-refractivity contribution >= 4 is 11.6 Å². The molecule has 2 heterocycles. The van der Waals surface area contributed by atoms with Crippen LogP contribution in [0.2, 0.25) is 5.02 Å². The summed E-state index contributed by atoms with van der Waals surface area (Å²) < 4.78 is 0. The van der Waals surface area contributed by atoms with Crippen LogP contribution in [0.3, 0.4) is 0 Å². The van der Waals surface area contributed by atoms with Crippen LogP contribution in [0, 0.1) is 0 Å². The first-order chi connectivity index (χ1) is 8.83. The number of benzene rings is 1. The van der Waals surface area contributed by atoms with Crippen LogP contribution in [0.25, 0.3) is 22.8 Å². The number of hydrogen-bond donors (Lipinski definition) is 1. The van der Waals surface area contributed by atoms with E-state index in [4.69, 9.17) is 11.6 Å². The van der Waals surface area contributed by atoms with E-state index in [0.717, 1.165) is 17.0 Å². The Bertz CT molecular complexity index is 646. The molecule has 0 fully saturated rings. The molecule has 0 bridgehead atoms. The molecule has 0 aliphatic carbocycles. The van der Waals surface area contributed by atoms with E-state index in [9.17, 15) is 0 Å². The molecular weight excluding hydrogens is 248 g/mol. The van der Waals surface area contributed by atoms with Crippen LogP contribution in [0.1, 0.15) is 0 Å². The number of rotatable bonds is 2. The second kappa shape index (κ2) is 4.58. The van der Waals surface area contributed by atoms with Gasteiger partial charge in [0.15, 0.2) is 11.6 Å². The van der Waals surface area contributed by atoms with Gasteiger partial charge in [-0.05, 0) is 36.4 Å². The maximum absolute atomic E-state index is 5.84. The Kier molecular flexibility index (Phi) is 2.78. The first kappa shape index (κ1) is 10.9. The third kappa shape index (κ3) is 2.10. The third-order valence-corrected chi connectivity index (χ3v) is 2.79. The van der Waals surface area contributed by atoms with Gasteiger partial charge in [-0.2, -0.15) is 5.10 Å². The van der Waals surface area contributed by atoms with Gasteiger partial charge in [-0.25, -0.2) is 4.98 Å². The van der Waals surface area contributed by atoms with E-state index in [0.29, 0.717) is 10.8 Å². The molecule has 4 nitrogen and oxygen atoms in total. The average molecular weight is 257 g/mol. The van der Waals surface area contributed by atoms with Crippen molar-refractivity contribution in [2.75, 3.05) is 0 Å². The Hall–Kier alpha value is -2.20. The van der Waals surface area contributed by atoms with Crippen molar-refractivity contribution < 1.29 is 0 Å². The largest absolute Gasteiger partial charge is 0.265 e. The van der Waals surface area contributed by atoms with E-state index in [-0.39, 0.29) is 0 Å². The Balaban J connectivity index is 1.97. The molecular formula is C13H9ClN4. The lowest BCUT2D eigenvalue weighted by atomic mass is 10.2. The van der Waals surface area contributed by atoms with Gasteiger partial charge in [0.25, 0.3) is 0 Å². The molecule has 0 saturated carbocycles. The summed E-state index contributed by atoms with van der Waals surface area (Å²) >= 11 is 5.84. The zero-order valence-electron chi connectivity index (χ0n) is 9.34. The van der Waals surface area contributed by atoms with Crippen molar-refractivity contribution in [3.05, 3.63) is 53.8 Å². The quantitative estimate of drug-likeness (QED) is 0.766. The monoisotopic (exact) mass is 256 g/mol. The summed E-state index contributed by atoms with van der Waals surface area (Å²) in [5.41, 5.74) is 1.88. The predicted molar refractivity (Wildman–Crippen MR) is 70.1 cm³/mol. The molecule has 1 N–H and O–H groups in total. The highest BCUT2D eigenvalue weighted by Gasteiger charge is 2.07. The number of nitrogens with one attached hydrogen (secondary N) is 1. The van der Waals surface area contributed by atoms with Gasteiger partial charge in [0.05, 0.1) is 0 Å². The lowest BCUT2D eigenvalue weighted by molar-refractivity contribution is 1.10. The first-order valence-corrected chi connectivity index (χ1v) is 5.79. The van der Waals surface area contributed by atoms with Gasteiger partial charge in [0, 0.05) is 28.5 Å². The van der Waals surface area contributed by atoms with E-state index in [1.807, 2.05) is 36.4 Å². The molecule has 2 aromatic heterocycles. The van der Waals surface area contributed by atoms with Crippen LogP contribution < -0.4 is 0 Å². The Morgan fingerprint density at radius 1 is 0.889 bits per heavy atom. The lowest BCUT2D eigenvalue weighted by Crippen LogP contribution is -1.81. The van der Waals surface area contributed by atoms with Crippen LogP contribution in [-0.4, -0.2) is 20.2 Å². The third-order valence-electron chi connectivity index (χ3n) is 2.54. The van der Waals surface area contributed by atoms with Crippen molar-refractivity contribution in [3.63, 3.8) is 0 Å². The second-order valence-electron chi connectivity index (χ2n) is 3.75. The highest BCUT2D eigenvalue weighted by atomic mass is 35.5. The standard InChI is InChI=1S/C13H9ClN4/c14-11-3-1-9(2-4-11)12-16-13(18-17-12)10-5-7-15-8-6-10/h1-8H,(H,16,17,18). The minimum Gasteiger partial charge on any atom is -0.265 e. The zero-order chi connectivity index (χ0) is 12.4. The molecule has 0 unspecified atom stereocenters. The fourth-order valence-corrected chi connectivity index (χ4v) is 1.75. The van der Waals surface area contributed by atoms with E-state index in [2.05, 4.69) is 20.2 Å². The highest BCUT2D eigenvalue weighted by molar-refractivity contribution is 6.30. The van der Waals surface area contributed by atoms with Crippen molar-refractivity contribution in [1.82, 2.24) is 20.2 Å². The zero-order valence-corrected chi connectivity index (χ0v) is 10.1. The fraction of sp³-hybridized carbons (Fsp3) is 0. The Morgan fingerprint density at radius 2 is 1.61 bits per heavy atom. The molecule has 5 heteroatoms. The number of aromatic amines is 1. The highest BCUT2D eigenvalue weighted by Crippen LogP contribution is 2.20. The van der Waals surface area contributed by atoms with E-state index >= 15 is 0 Å². The van der Waals surface area contributed by atoms with Gasteiger partial charge in [-0.3, -0.25) is 10.1 Å². The van der Waals surface area contributed by atoms with E-state index in [1.54, 1.807) is 12.4 Å². The molecule has 18 heavy (non-hydrogen) atoms. The maximum atomic E-state index is 5.84. The van der Waals surface area contributed by atoms with Gasteiger partial charge < -0.3 is 0 Å². The molecule has 0 aliphatic heterocycles. The van der Waals surface area contributed by atoms with Crippen LogP contribution in [-0.2, 0) is 0 Å². The number of nitrogens with zero attached hydrogens (tertiary/aromatic N) is 3. The van der Waals surface area contributed by atoms with E-state index < -0.39 is 0 Å². The smallest absolute Gasteiger partial charge is 0.181 e. The summed E-state index contributed by atoms with van der Waals surface area (Å²) in [6.45, 7) is 0. The predicted octanol–water partition coefficient (Wildman–Crippen LogP) is 3.19. The topological polar surface area (TPSA) is 54.5 Å². The summed E-state index contributed by atoms with van der Waals surface area (Å²) in [5, 5.41) is 7.80. The average Bonchev–Trinajstić information content (AvgIpc) is 2.90. The first-order valence-electron chi connectivity index (χ1n) is 5.42. The molecule has 3 rings (SSSR count).